The summed E-state index contributed by atoms with van der Waals surface area (Å²) in [5.74, 6) is 1.17. The third-order valence-electron chi connectivity index (χ3n) is 5.54. The minimum atomic E-state index is -0.0613. The van der Waals surface area contributed by atoms with Crippen LogP contribution in [0.2, 0.25) is 0 Å². The van der Waals surface area contributed by atoms with Crippen molar-refractivity contribution in [3.8, 4) is 0 Å². The van der Waals surface area contributed by atoms with E-state index in [-0.39, 0.29) is 17.7 Å². The molecule has 2 fully saturated rings. The second-order valence-electron chi connectivity index (χ2n) is 7.48. The van der Waals surface area contributed by atoms with Crippen LogP contribution in [-0.2, 0) is 4.79 Å². The third kappa shape index (κ3) is 4.82. The van der Waals surface area contributed by atoms with Gasteiger partial charge in [0.1, 0.15) is 0 Å². The van der Waals surface area contributed by atoms with E-state index in [1.165, 1.54) is 0 Å². The number of nitrogens with zero attached hydrogens (tertiary/aromatic N) is 1. The monoisotopic (exact) mass is 343 g/mol. The molecule has 1 aliphatic carbocycles. The van der Waals surface area contributed by atoms with Crippen LogP contribution < -0.4 is 10.6 Å². The van der Waals surface area contributed by atoms with Crippen LogP contribution in [-0.4, -0.2) is 42.9 Å². The minimum absolute atomic E-state index is 0.0613. The van der Waals surface area contributed by atoms with Gasteiger partial charge < -0.3 is 15.5 Å². The fourth-order valence-corrected chi connectivity index (χ4v) is 3.51. The van der Waals surface area contributed by atoms with E-state index < -0.39 is 0 Å². The predicted molar refractivity (Wildman–Crippen MR) is 99.5 cm³/mol. The Hall–Kier alpha value is -1.88. The Morgan fingerprint density at radius 3 is 2.60 bits per heavy atom. The summed E-state index contributed by atoms with van der Waals surface area (Å²) in [6.07, 6.45) is 3.25. The Balaban J connectivity index is 1.48. The standard InChI is InChI=1S/C20H29N3O2/c1-3-23-9-7-15(8-10-23)13-21-19(24)16-5-4-6-17(12-16)22-20(25)18-11-14(18)2/h4-6,12,14-15,18H,3,7-11,13H2,1-2H3,(H,21,24)(H,22,25)/t14-,18+/m1/s1. The number of nitrogens with one attached hydrogen (secondary N) is 2. The summed E-state index contributed by atoms with van der Waals surface area (Å²) >= 11 is 0. The van der Waals surface area contributed by atoms with Gasteiger partial charge in [0.2, 0.25) is 5.91 Å². The SMILES string of the molecule is CCN1CCC(CNC(=O)c2cccc(NC(=O)[C@H]3C[C@H]3C)c2)CC1. The lowest BCUT2D eigenvalue weighted by molar-refractivity contribution is -0.117. The molecule has 1 aromatic rings. The maximum atomic E-state index is 12.4. The van der Waals surface area contributed by atoms with E-state index in [2.05, 4.69) is 29.4 Å². The number of likely N-dealkylation sites (tertiary alicyclic amines) is 1. The number of hydrogen-bond acceptors (Lipinski definition) is 3. The molecule has 25 heavy (non-hydrogen) atoms. The summed E-state index contributed by atoms with van der Waals surface area (Å²) in [4.78, 5) is 26.9. The number of rotatable bonds is 6. The zero-order chi connectivity index (χ0) is 17.8. The molecule has 0 radical (unpaired) electrons. The van der Waals surface area contributed by atoms with E-state index in [4.69, 9.17) is 0 Å². The molecule has 2 amide bonds. The lowest BCUT2D eigenvalue weighted by Gasteiger charge is -2.31. The number of anilines is 1. The molecule has 2 aliphatic rings. The molecule has 2 N–H and O–H groups in total. The number of amides is 2. The van der Waals surface area contributed by atoms with Gasteiger partial charge in [-0.2, -0.15) is 0 Å². The number of piperidine rings is 1. The first-order valence-electron chi connectivity index (χ1n) is 9.48. The second kappa shape index (κ2) is 8.00. The summed E-state index contributed by atoms with van der Waals surface area (Å²) in [6, 6.07) is 7.22. The summed E-state index contributed by atoms with van der Waals surface area (Å²) in [5.41, 5.74) is 1.31. The van der Waals surface area contributed by atoms with Gasteiger partial charge in [-0.05, 0) is 68.9 Å². The molecule has 1 saturated carbocycles. The summed E-state index contributed by atoms with van der Waals surface area (Å²) in [7, 11) is 0. The molecule has 3 rings (SSSR count). The van der Waals surface area contributed by atoms with Crippen LogP contribution >= 0.6 is 0 Å². The van der Waals surface area contributed by atoms with Gasteiger partial charge in [0.05, 0.1) is 0 Å². The molecular weight excluding hydrogens is 314 g/mol. The average molecular weight is 343 g/mol. The Bertz CT molecular complexity index is 623. The van der Waals surface area contributed by atoms with Crippen LogP contribution in [0.15, 0.2) is 24.3 Å². The summed E-state index contributed by atoms with van der Waals surface area (Å²) in [6.45, 7) is 8.36. The van der Waals surface area contributed by atoms with E-state index >= 15 is 0 Å². The topological polar surface area (TPSA) is 61.4 Å². The van der Waals surface area contributed by atoms with Crippen LogP contribution in [0.1, 0.15) is 43.5 Å². The average Bonchev–Trinajstić information content (AvgIpc) is 3.37. The Morgan fingerprint density at radius 2 is 1.96 bits per heavy atom. The highest BCUT2D eigenvalue weighted by atomic mass is 16.2. The molecule has 1 aliphatic heterocycles. The van der Waals surface area contributed by atoms with Crippen molar-refractivity contribution in [2.45, 2.75) is 33.1 Å². The molecule has 1 saturated heterocycles. The smallest absolute Gasteiger partial charge is 0.251 e. The van der Waals surface area contributed by atoms with Crippen LogP contribution in [0.3, 0.4) is 0 Å². The molecular formula is C20H29N3O2. The van der Waals surface area contributed by atoms with Crippen molar-refractivity contribution in [3.63, 3.8) is 0 Å². The molecule has 2 atom stereocenters. The quantitative estimate of drug-likeness (QED) is 0.835. The van der Waals surface area contributed by atoms with E-state index in [0.717, 1.165) is 45.4 Å². The lowest BCUT2D eigenvalue weighted by atomic mass is 9.96. The van der Waals surface area contributed by atoms with Crippen LogP contribution in [0.4, 0.5) is 5.69 Å². The third-order valence-corrected chi connectivity index (χ3v) is 5.54. The zero-order valence-electron chi connectivity index (χ0n) is 15.3. The van der Waals surface area contributed by atoms with E-state index in [1.807, 2.05) is 12.1 Å². The molecule has 0 unspecified atom stereocenters. The minimum Gasteiger partial charge on any atom is -0.352 e. The highest BCUT2D eigenvalue weighted by molar-refractivity contribution is 5.98. The Labute approximate surface area is 150 Å². The number of benzene rings is 1. The largest absolute Gasteiger partial charge is 0.352 e. The maximum absolute atomic E-state index is 12.4. The maximum Gasteiger partial charge on any atom is 0.251 e. The molecule has 5 heteroatoms. The molecule has 1 heterocycles. The van der Waals surface area contributed by atoms with Crippen molar-refractivity contribution in [2.24, 2.45) is 17.8 Å². The first-order valence-corrected chi connectivity index (χ1v) is 9.48. The van der Waals surface area contributed by atoms with E-state index in [0.29, 0.717) is 23.1 Å². The van der Waals surface area contributed by atoms with E-state index in [1.54, 1.807) is 12.1 Å². The van der Waals surface area contributed by atoms with Gasteiger partial charge in [-0.1, -0.05) is 19.9 Å². The van der Waals surface area contributed by atoms with Gasteiger partial charge in [0.25, 0.3) is 5.91 Å². The molecule has 5 nitrogen and oxygen atoms in total. The molecule has 0 bridgehead atoms. The highest BCUT2D eigenvalue weighted by Crippen LogP contribution is 2.38. The fraction of sp³-hybridized carbons (Fsp3) is 0.600. The molecule has 0 aromatic heterocycles. The van der Waals surface area contributed by atoms with Gasteiger partial charge in [-0.3, -0.25) is 9.59 Å². The lowest BCUT2D eigenvalue weighted by Crippen LogP contribution is -2.38. The van der Waals surface area contributed by atoms with Gasteiger partial charge in [0.15, 0.2) is 0 Å². The number of carbonyl (C=O) groups excluding carboxylic acids is 2. The summed E-state index contributed by atoms with van der Waals surface area (Å²) < 4.78 is 0. The molecule has 136 valence electrons. The van der Waals surface area contributed by atoms with Crippen LogP contribution in [0.5, 0.6) is 0 Å². The normalized spacial score (nSPS) is 23.9. The number of carbonyl (C=O) groups is 2. The van der Waals surface area contributed by atoms with Crippen molar-refractivity contribution in [1.29, 1.82) is 0 Å². The molecule has 0 spiro atoms. The van der Waals surface area contributed by atoms with Crippen molar-refractivity contribution < 1.29 is 9.59 Å². The van der Waals surface area contributed by atoms with Crippen LogP contribution in [0, 0.1) is 17.8 Å². The van der Waals surface area contributed by atoms with E-state index in [9.17, 15) is 9.59 Å². The number of hydrogen-bond donors (Lipinski definition) is 2. The summed E-state index contributed by atoms with van der Waals surface area (Å²) in [5, 5.41) is 5.98. The van der Waals surface area contributed by atoms with Gasteiger partial charge in [0, 0.05) is 23.7 Å². The second-order valence-corrected chi connectivity index (χ2v) is 7.48. The molecule has 1 aromatic carbocycles. The van der Waals surface area contributed by atoms with Gasteiger partial charge in [-0.25, -0.2) is 0 Å². The van der Waals surface area contributed by atoms with Gasteiger partial charge in [-0.15, -0.1) is 0 Å². The van der Waals surface area contributed by atoms with Crippen molar-refractivity contribution >= 4 is 17.5 Å². The van der Waals surface area contributed by atoms with Crippen LogP contribution in [0.25, 0.3) is 0 Å². The van der Waals surface area contributed by atoms with Crippen molar-refractivity contribution in [2.75, 3.05) is 31.5 Å². The van der Waals surface area contributed by atoms with Crippen molar-refractivity contribution in [3.05, 3.63) is 29.8 Å². The zero-order valence-corrected chi connectivity index (χ0v) is 15.3. The first kappa shape index (κ1) is 17.9. The first-order chi connectivity index (χ1) is 12.1. The predicted octanol–water partition coefficient (Wildman–Crippen LogP) is 2.74. The fourth-order valence-electron chi connectivity index (χ4n) is 3.51. The Morgan fingerprint density at radius 1 is 1.24 bits per heavy atom. The Kier molecular flexibility index (Phi) is 5.74. The highest BCUT2D eigenvalue weighted by Gasteiger charge is 2.39. The van der Waals surface area contributed by atoms with Crippen molar-refractivity contribution in [1.82, 2.24) is 10.2 Å². The van der Waals surface area contributed by atoms with Gasteiger partial charge >= 0.3 is 0 Å².